The van der Waals surface area contributed by atoms with Gasteiger partial charge < -0.3 is 13.9 Å². The van der Waals surface area contributed by atoms with Crippen molar-refractivity contribution in [2.24, 2.45) is 0 Å². The van der Waals surface area contributed by atoms with Crippen molar-refractivity contribution in [2.45, 2.75) is 45.6 Å². The number of aryl methyl sites for hydroxylation is 2. The molecule has 3 heterocycles. The highest BCUT2D eigenvalue weighted by Gasteiger charge is 2.31. The van der Waals surface area contributed by atoms with Crippen LogP contribution < -0.4 is 0 Å². The van der Waals surface area contributed by atoms with E-state index in [1.54, 1.807) is 13.0 Å². The first kappa shape index (κ1) is 13.9. The van der Waals surface area contributed by atoms with Gasteiger partial charge in [0.15, 0.2) is 5.76 Å². The van der Waals surface area contributed by atoms with Crippen LogP contribution in [0.15, 0.2) is 21.2 Å². The highest BCUT2D eigenvalue weighted by Crippen LogP contribution is 2.31. The molecule has 0 spiro atoms. The average Bonchev–Trinajstić information content (AvgIpc) is 3.00. The molecular formula is C15H19N3O3. The highest BCUT2D eigenvalue weighted by molar-refractivity contribution is 5.91. The van der Waals surface area contributed by atoms with Crippen LogP contribution in [-0.2, 0) is 0 Å². The number of hydrogen-bond acceptors (Lipinski definition) is 5. The van der Waals surface area contributed by atoms with E-state index in [1.165, 1.54) is 0 Å². The summed E-state index contributed by atoms with van der Waals surface area (Å²) in [5.41, 5.74) is 1.54. The topological polar surface area (TPSA) is 72.4 Å². The number of carbonyl (C=O) groups excluding carboxylic acids is 1. The van der Waals surface area contributed by atoms with Crippen molar-refractivity contribution in [3.8, 4) is 0 Å². The lowest BCUT2D eigenvalue weighted by Crippen LogP contribution is -2.34. The van der Waals surface area contributed by atoms with Crippen molar-refractivity contribution in [1.82, 2.24) is 15.2 Å². The van der Waals surface area contributed by atoms with Crippen LogP contribution in [0.3, 0.4) is 0 Å². The van der Waals surface area contributed by atoms with Gasteiger partial charge in [0, 0.05) is 18.7 Å². The molecule has 1 aliphatic heterocycles. The Kier molecular flexibility index (Phi) is 3.77. The van der Waals surface area contributed by atoms with E-state index in [9.17, 15) is 4.79 Å². The van der Waals surface area contributed by atoms with Crippen LogP contribution in [0.5, 0.6) is 0 Å². The summed E-state index contributed by atoms with van der Waals surface area (Å²) in [7, 11) is 0. The molecule has 0 aliphatic carbocycles. The van der Waals surface area contributed by atoms with Crippen LogP contribution >= 0.6 is 0 Å². The third kappa shape index (κ3) is 2.84. The molecule has 0 aromatic carbocycles. The largest absolute Gasteiger partial charge is 0.359 e. The summed E-state index contributed by atoms with van der Waals surface area (Å²) in [6.07, 6.45) is 4.06. The summed E-state index contributed by atoms with van der Waals surface area (Å²) in [6.45, 7) is 4.39. The third-order valence-corrected chi connectivity index (χ3v) is 3.83. The van der Waals surface area contributed by atoms with E-state index >= 15 is 0 Å². The van der Waals surface area contributed by atoms with Crippen molar-refractivity contribution >= 4 is 5.91 Å². The van der Waals surface area contributed by atoms with Crippen molar-refractivity contribution in [3.05, 3.63) is 35.0 Å². The molecule has 1 aliphatic rings. The SMILES string of the molecule is Cc1cc(C(=O)N2CCCCCC2c2cc(C)no2)on1. The van der Waals surface area contributed by atoms with Gasteiger partial charge in [-0.3, -0.25) is 4.79 Å². The van der Waals surface area contributed by atoms with Gasteiger partial charge in [-0.2, -0.15) is 0 Å². The molecule has 1 fully saturated rings. The molecule has 0 bridgehead atoms. The summed E-state index contributed by atoms with van der Waals surface area (Å²) >= 11 is 0. The molecule has 1 unspecified atom stereocenters. The number of nitrogens with zero attached hydrogens (tertiary/aromatic N) is 3. The van der Waals surface area contributed by atoms with Gasteiger partial charge in [-0.1, -0.05) is 23.2 Å². The zero-order chi connectivity index (χ0) is 14.8. The van der Waals surface area contributed by atoms with Crippen LogP contribution in [-0.4, -0.2) is 27.7 Å². The summed E-state index contributed by atoms with van der Waals surface area (Å²) in [4.78, 5) is 14.5. The van der Waals surface area contributed by atoms with E-state index in [4.69, 9.17) is 9.05 Å². The van der Waals surface area contributed by atoms with Crippen LogP contribution in [0.2, 0.25) is 0 Å². The Balaban J connectivity index is 1.90. The van der Waals surface area contributed by atoms with Gasteiger partial charge in [0.2, 0.25) is 5.76 Å². The summed E-state index contributed by atoms with van der Waals surface area (Å²) in [6, 6.07) is 3.50. The molecular weight excluding hydrogens is 270 g/mol. The molecule has 6 nitrogen and oxygen atoms in total. The predicted molar refractivity (Wildman–Crippen MR) is 74.7 cm³/mol. The smallest absolute Gasteiger partial charge is 0.293 e. The molecule has 3 rings (SSSR count). The van der Waals surface area contributed by atoms with Crippen molar-refractivity contribution in [1.29, 1.82) is 0 Å². The van der Waals surface area contributed by atoms with Crippen molar-refractivity contribution in [2.75, 3.05) is 6.54 Å². The number of rotatable bonds is 2. The highest BCUT2D eigenvalue weighted by atomic mass is 16.5. The minimum absolute atomic E-state index is 0.0772. The van der Waals surface area contributed by atoms with E-state index in [-0.39, 0.29) is 17.7 Å². The fourth-order valence-corrected chi connectivity index (χ4v) is 2.79. The maximum atomic E-state index is 12.7. The molecule has 2 aromatic rings. The van der Waals surface area contributed by atoms with Crippen LogP contribution in [0.25, 0.3) is 0 Å². The number of hydrogen-bond donors (Lipinski definition) is 0. The monoisotopic (exact) mass is 289 g/mol. The molecule has 0 N–H and O–H groups in total. The molecule has 2 aromatic heterocycles. The first-order valence-electron chi connectivity index (χ1n) is 7.32. The fraction of sp³-hybridized carbons (Fsp3) is 0.533. The second-order valence-electron chi connectivity index (χ2n) is 5.57. The van der Waals surface area contributed by atoms with E-state index in [2.05, 4.69) is 10.3 Å². The second-order valence-corrected chi connectivity index (χ2v) is 5.57. The standard InChI is InChI=1S/C15H19N3O3/c1-10-8-13(20-16-10)12-6-4-3-5-7-18(12)15(19)14-9-11(2)17-21-14/h8-9,12H,3-7H2,1-2H3. The Morgan fingerprint density at radius 1 is 1.14 bits per heavy atom. The van der Waals surface area contributed by atoms with Crippen LogP contribution in [0.4, 0.5) is 0 Å². The lowest BCUT2D eigenvalue weighted by atomic mass is 10.1. The zero-order valence-electron chi connectivity index (χ0n) is 12.3. The van der Waals surface area contributed by atoms with Gasteiger partial charge >= 0.3 is 0 Å². The molecule has 112 valence electrons. The van der Waals surface area contributed by atoms with Gasteiger partial charge in [-0.25, -0.2) is 0 Å². The van der Waals surface area contributed by atoms with Crippen LogP contribution in [0, 0.1) is 13.8 Å². The average molecular weight is 289 g/mol. The number of aromatic nitrogens is 2. The van der Waals surface area contributed by atoms with Gasteiger partial charge in [-0.05, 0) is 26.7 Å². The normalized spacial score (nSPS) is 19.5. The lowest BCUT2D eigenvalue weighted by molar-refractivity contribution is 0.0608. The first-order valence-corrected chi connectivity index (χ1v) is 7.32. The Morgan fingerprint density at radius 2 is 1.90 bits per heavy atom. The van der Waals surface area contributed by atoms with Crippen molar-refractivity contribution in [3.63, 3.8) is 0 Å². The minimum atomic E-state index is -0.128. The Labute approximate surface area is 123 Å². The summed E-state index contributed by atoms with van der Waals surface area (Å²) in [5.74, 6) is 0.908. The van der Waals surface area contributed by atoms with E-state index in [1.807, 2.05) is 17.9 Å². The quantitative estimate of drug-likeness (QED) is 0.849. The molecule has 1 saturated heterocycles. The van der Waals surface area contributed by atoms with E-state index in [0.717, 1.165) is 37.1 Å². The fourth-order valence-electron chi connectivity index (χ4n) is 2.79. The Morgan fingerprint density at radius 3 is 2.57 bits per heavy atom. The van der Waals surface area contributed by atoms with Crippen molar-refractivity contribution < 1.29 is 13.8 Å². The first-order chi connectivity index (χ1) is 10.1. The van der Waals surface area contributed by atoms with Gasteiger partial charge in [0.05, 0.1) is 17.4 Å². The maximum absolute atomic E-state index is 12.7. The zero-order valence-corrected chi connectivity index (χ0v) is 12.3. The van der Waals surface area contributed by atoms with Crippen LogP contribution in [0.1, 0.15) is 59.4 Å². The third-order valence-electron chi connectivity index (χ3n) is 3.83. The van der Waals surface area contributed by atoms with Gasteiger partial charge in [-0.15, -0.1) is 0 Å². The number of amides is 1. The van der Waals surface area contributed by atoms with Gasteiger partial charge in [0.25, 0.3) is 5.91 Å². The molecule has 0 saturated carbocycles. The molecule has 21 heavy (non-hydrogen) atoms. The van der Waals surface area contributed by atoms with E-state index in [0.29, 0.717) is 12.2 Å². The lowest BCUT2D eigenvalue weighted by Gasteiger charge is -2.27. The predicted octanol–water partition coefficient (Wildman–Crippen LogP) is 3.04. The molecule has 0 radical (unpaired) electrons. The minimum Gasteiger partial charge on any atom is -0.359 e. The number of likely N-dealkylation sites (tertiary alicyclic amines) is 1. The molecule has 6 heteroatoms. The van der Waals surface area contributed by atoms with Gasteiger partial charge in [0.1, 0.15) is 0 Å². The van der Waals surface area contributed by atoms with E-state index < -0.39 is 0 Å². The molecule has 1 atom stereocenters. The summed E-state index contributed by atoms with van der Waals surface area (Å²) in [5, 5.41) is 7.74. The Hall–Kier alpha value is -2.11. The Bertz CT molecular complexity index is 632. The summed E-state index contributed by atoms with van der Waals surface area (Å²) < 4.78 is 10.5. The second kappa shape index (κ2) is 5.71. The number of carbonyl (C=O) groups is 1. The molecule has 1 amide bonds. The maximum Gasteiger partial charge on any atom is 0.293 e.